The number of rotatable bonds is 3. The summed E-state index contributed by atoms with van der Waals surface area (Å²) in [5, 5.41) is 3.72. The average molecular weight is 275 g/mol. The second kappa shape index (κ2) is 6.98. The number of ether oxygens (including phenoxy) is 2. The maximum Gasteiger partial charge on any atom is 0.161 e. The molecule has 0 radical (unpaired) electrons. The van der Waals surface area contributed by atoms with Crippen molar-refractivity contribution in [1.29, 1.82) is 0 Å². The Hall–Kier alpha value is -1.22. The Labute approximate surface area is 121 Å². The zero-order valence-corrected chi connectivity index (χ0v) is 12.2. The van der Waals surface area contributed by atoms with E-state index in [9.17, 15) is 0 Å². The Balaban J connectivity index is 1.54. The number of nitrogens with one attached hydrogen (secondary N) is 1. The minimum absolute atomic E-state index is 0.659. The SMILES string of the molecule is c1cc2c(cc1CNC1CCCCCCC1)OCCO2. The summed E-state index contributed by atoms with van der Waals surface area (Å²) < 4.78 is 11.2. The first-order valence-corrected chi connectivity index (χ1v) is 8.04. The van der Waals surface area contributed by atoms with E-state index in [1.807, 2.05) is 6.07 Å². The highest BCUT2D eigenvalue weighted by Crippen LogP contribution is 2.30. The molecule has 110 valence electrons. The Morgan fingerprint density at radius 3 is 2.40 bits per heavy atom. The van der Waals surface area contributed by atoms with Gasteiger partial charge in [0.2, 0.25) is 0 Å². The van der Waals surface area contributed by atoms with Gasteiger partial charge in [0.1, 0.15) is 13.2 Å². The van der Waals surface area contributed by atoms with Crippen molar-refractivity contribution in [3.8, 4) is 11.5 Å². The lowest BCUT2D eigenvalue weighted by molar-refractivity contribution is 0.171. The molecular weight excluding hydrogens is 250 g/mol. The molecule has 1 heterocycles. The van der Waals surface area contributed by atoms with Crippen molar-refractivity contribution in [3.63, 3.8) is 0 Å². The number of hydrogen-bond acceptors (Lipinski definition) is 3. The lowest BCUT2D eigenvalue weighted by atomic mass is 9.96. The highest BCUT2D eigenvalue weighted by molar-refractivity contribution is 5.43. The second-order valence-electron chi connectivity index (χ2n) is 5.90. The van der Waals surface area contributed by atoms with E-state index in [4.69, 9.17) is 9.47 Å². The molecule has 0 unspecified atom stereocenters. The van der Waals surface area contributed by atoms with Crippen molar-refractivity contribution in [2.75, 3.05) is 13.2 Å². The van der Waals surface area contributed by atoms with Crippen LogP contribution in [0.4, 0.5) is 0 Å². The van der Waals surface area contributed by atoms with E-state index in [2.05, 4.69) is 17.4 Å². The first-order chi connectivity index (χ1) is 9.92. The van der Waals surface area contributed by atoms with Crippen LogP contribution in [0.5, 0.6) is 11.5 Å². The van der Waals surface area contributed by atoms with Gasteiger partial charge >= 0.3 is 0 Å². The molecule has 3 heteroatoms. The average Bonchev–Trinajstić information content (AvgIpc) is 2.46. The molecule has 0 aromatic heterocycles. The summed E-state index contributed by atoms with van der Waals surface area (Å²) in [6, 6.07) is 6.97. The Morgan fingerprint density at radius 2 is 1.60 bits per heavy atom. The van der Waals surface area contributed by atoms with Gasteiger partial charge in [0, 0.05) is 12.6 Å². The third-order valence-corrected chi connectivity index (χ3v) is 4.31. The van der Waals surface area contributed by atoms with Crippen LogP contribution in [0.3, 0.4) is 0 Å². The van der Waals surface area contributed by atoms with Gasteiger partial charge < -0.3 is 14.8 Å². The first kappa shape index (κ1) is 13.7. The largest absolute Gasteiger partial charge is 0.486 e. The fourth-order valence-electron chi connectivity index (χ4n) is 3.12. The standard InChI is InChI=1S/C17H25NO2/c1-2-4-6-15(7-5-3-1)18-13-14-8-9-16-17(12-14)20-11-10-19-16/h8-9,12,15,18H,1-7,10-11,13H2. The molecule has 1 N–H and O–H groups in total. The van der Waals surface area contributed by atoms with Crippen LogP contribution in [-0.2, 0) is 6.54 Å². The zero-order chi connectivity index (χ0) is 13.6. The summed E-state index contributed by atoms with van der Waals surface area (Å²) in [6.45, 7) is 2.25. The Kier molecular flexibility index (Phi) is 4.80. The lowest BCUT2D eigenvalue weighted by Gasteiger charge is -2.22. The summed E-state index contributed by atoms with van der Waals surface area (Å²) >= 11 is 0. The summed E-state index contributed by atoms with van der Waals surface area (Å²) in [5.74, 6) is 1.78. The predicted octanol–water partition coefficient (Wildman–Crippen LogP) is 3.66. The van der Waals surface area contributed by atoms with E-state index < -0.39 is 0 Å². The van der Waals surface area contributed by atoms with Gasteiger partial charge in [0.25, 0.3) is 0 Å². The van der Waals surface area contributed by atoms with Crippen molar-refractivity contribution >= 4 is 0 Å². The Morgan fingerprint density at radius 1 is 0.900 bits per heavy atom. The van der Waals surface area contributed by atoms with Gasteiger partial charge in [-0.05, 0) is 30.5 Å². The van der Waals surface area contributed by atoms with Crippen molar-refractivity contribution in [2.24, 2.45) is 0 Å². The molecule has 1 aromatic rings. The van der Waals surface area contributed by atoms with Crippen LogP contribution in [0.25, 0.3) is 0 Å². The summed E-state index contributed by atoms with van der Waals surface area (Å²) in [4.78, 5) is 0. The molecule has 1 fully saturated rings. The van der Waals surface area contributed by atoms with E-state index in [0.717, 1.165) is 18.0 Å². The van der Waals surface area contributed by atoms with Gasteiger partial charge in [-0.3, -0.25) is 0 Å². The number of fused-ring (bicyclic) bond motifs is 1. The monoisotopic (exact) mass is 275 g/mol. The molecule has 3 nitrogen and oxygen atoms in total. The number of hydrogen-bond donors (Lipinski definition) is 1. The highest BCUT2D eigenvalue weighted by Gasteiger charge is 2.13. The van der Waals surface area contributed by atoms with Crippen LogP contribution in [0.2, 0.25) is 0 Å². The van der Waals surface area contributed by atoms with Gasteiger partial charge in [0.15, 0.2) is 11.5 Å². The van der Waals surface area contributed by atoms with Crippen LogP contribution < -0.4 is 14.8 Å². The van der Waals surface area contributed by atoms with E-state index in [-0.39, 0.29) is 0 Å². The molecule has 1 aliphatic carbocycles. The third-order valence-electron chi connectivity index (χ3n) is 4.31. The van der Waals surface area contributed by atoms with Crippen molar-refractivity contribution in [3.05, 3.63) is 23.8 Å². The van der Waals surface area contributed by atoms with E-state index >= 15 is 0 Å². The van der Waals surface area contributed by atoms with Crippen LogP contribution in [0.1, 0.15) is 50.5 Å². The molecule has 1 aliphatic heterocycles. The first-order valence-electron chi connectivity index (χ1n) is 8.04. The van der Waals surface area contributed by atoms with E-state index in [1.54, 1.807) is 0 Å². The van der Waals surface area contributed by atoms with Gasteiger partial charge in [-0.1, -0.05) is 38.2 Å². The maximum atomic E-state index is 5.64. The van der Waals surface area contributed by atoms with E-state index in [0.29, 0.717) is 19.3 Å². The van der Waals surface area contributed by atoms with E-state index in [1.165, 1.54) is 50.5 Å². The minimum atomic E-state index is 0.659. The summed E-state index contributed by atoms with van der Waals surface area (Å²) in [5.41, 5.74) is 1.29. The summed E-state index contributed by atoms with van der Waals surface area (Å²) in [7, 11) is 0. The molecule has 0 amide bonds. The molecule has 3 rings (SSSR count). The highest BCUT2D eigenvalue weighted by atomic mass is 16.6. The molecule has 0 spiro atoms. The summed E-state index contributed by atoms with van der Waals surface area (Å²) in [6.07, 6.45) is 9.63. The quantitative estimate of drug-likeness (QED) is 0.913. The molecular formula is C17H25NO2. The normalized spacial score (nSPS) is 20.2. The predicted molar refractivity (Wildman–Crippen MR) is 80.4 cm³/mol. The molecule has 20 heavy (non-hydrogen) atoms. The fraction of sp³-hybridized carbons (Fsp3) is 0.647. The molecule has 1 saturated carbocycles. The molecule has 0 saturated heterocycles. The van der Waals surface area contributed by atoms with Gasteiger partial charge in [-0.15, -0.1) is 0 Å². The van der Waals surface area contributed by atoms with Crippen LogP contribution in [0.15, 0.2) is 18.2 Å². The van der Waals surface area contributed by atoms with Gasteiger partial charge in [0.05, 0.1) is 0 Å². The molecule has 1 aromatic carbocycles. The molecule has 2 aliphatic rings. The lowest BCUT2D eigenvalue weighted by Crippen LogP contribution is -2.29. The van der Waals surface area contributed by atoms with Crippen molar-refractivity contribution < 1.29 is 9.47 Å². The zero-order valence-electron chi connectivity index (χ0n) is 12.2. The van der Waals surface area contributed by atoms with Crippen LogP contribution in [-0.4, -0.2) is 19.3 Å². The van der Waals surface area contributed by atoms with Gasteiger partial charge in [-0.2, -0.15) is 0 Å². The van der Waals surface area contributed by atoms with Crippen LogP contribution in [0, 0.1) is 0 Å². The molecule has 0 atom stereocenters. The molecule has 0 bridgehead atoms. The van der Waals surface area contributed by atoms with Crippen molar-refractivity contribution in [2.45, 2.75) is 57.5 Å². The van der Waals surface area contributed by atoms with Crippen molar-refractivity contribution in [1.82, 2.24) is 5.32 Å². The maximum absolute atomic E-state index is 5.64. The minimum Gasteiger partial charge on any atom is -0.486 e. The van der Waals surface area contributed by atoms with Gasteiger partial charge in [-0.25, -0.2) is 0 Å². The number of benzene rings is 1. The fourth-order valence-corrected chi connectivity index (χ4v) is 3.12. The van der Waals surface area contributed by atoms with Crippen LogP contribution >= 0.6 is 0 Å². The topological polar surface area (TPSA) is 30.5 Å². The second-order valence-corrected chi connectivity index (χ2v) is 5.90. The third kappa shape index (κ3) is 3.66. The smallest absolute Gasteiger partial charge is 0.161 e. The Bertz CT molecular complexity index is 425.